The number of amides is 1. The molecule has 108 valence electrons. The highest BCUT2D eigenvalue weighted by atomic mass is 35.5. The third kappa shape index (κ3) is 3.15. The van der Waals surface area contributed by atoms with Crippen LogP contribution in [-0.2, 0) is 11.3 Å². The summed E-state index contributed by atoms with van der Waals surface area (Å²) >= 11 is 6.01. The molecule has 1 saturated carbocycles. The minimum absolute atomic E-state index is 0.314. The summed E-state index contributed by atoms with van der Waals surface area (Å²) in [6, 6.07) is 8.02. The molecule has 1 aromatic carbocycles. The molecule has 1 aliphatic heterocycles. The molecule has 3 nitrogen and oxygen atoms in total. The van der Waals surface area contributed by atoms with Gasteiger partial charge in [-0.2, -0.15) is 0 Å². The van der Waals surface area contributed by atoms with Crippen molar-refractivity contribution in [1.29, 1.82) is 0 Å². The predicted molar refractivity (Wildman–Crippen MR) is 80.6 cm³/mol. The molecule has 1 amide bonds. The van der Waals surface area contributed by atoms with E-state index < -0.39 is 0 Å². The number of rotatable bonds is 3. The van der Waals surface area contributed by atoms with Gasteiger partial charge in [-0.25, -0.2) is 0 Å². The number of carbonyl (C=O) groups excluding carboxylic acids is 1. The second-order valence-corrected chi connectivity index (χ2v) is 6.49. The molecule has 2 unspecified atom stereocenters. The fourth-order valence-corrected chi connectivity index (χ4v) is 3.13. The maximum atomic E-state index is 12.2. The van der Waals surface area contributed by atoms with Gasteiger partial charge in [0.25, 0.3) is 0 Å². The van der Waals surface area contributed by atoms with E-state index in [-0.39, 0.29) is 0 Å². The summed E-state index contributed by atoms with van der Waals surface area (Å²) in [5, 5.41) is 0.791. The highest BCUT2D eigenvalue weighted by Gasteiger charge is 2.41. The zero-order valence-corrected chi connectivity index (χ0v) is 12.6. The predicted octanol–water partition coefficient (Wildman–Crippen LogP) is 2.64. The van der Waals surface area contributed by atoms with E-state index >= 15 is 0 Å². The van der Waals surface area contributed by atoms with Gasteiger partial charge in [0.2, 0.25) is 5.91 Å². The highest BCUT2D eigenvalue weighted by Crippen LogP contribution is 2.39. The lowest BCUT2D eigenvalue weighted by Crippen LogP contribution is -2.48. The molecule has 0 spiro atoms. The van der Waals surface area contributed by atoms with Gasteiger partial charge in [0.1, 0.15) is 0 Å². The molecule has 1 aromatic rings. The van der Waals surface area contributed by atoms with Crippen LogP contribution in [-0.4, -0.2) is 41.9 Å². The third-order valence-electron chi connectivity index (χ3n) is 4.41. The zero-order chi connectivity index (χ0) is 14.1. The lowest BCUT2D eigenvalue weighted by Gasteiger charge is -2.35. The van der Waals surface area contributed by atoms with E-state index in [0.29, 0.717) is 17.7 Å². The summed E-state index contributed by atoms with van der Waals surface area (Å²) in [5.41, 5.74) is 1.24. The fraction of sp³-hybridized carbons (Fsp3) is 0.562. The minimum atomic E-state index is 0.314. The molecule has 0 radical (unpaired) electrons. The zero-order valence-electron chi connectivity index (χ0n) is 11.9. The van der Waals surface area contributed by atoms with Gasteiger partial charge in [0.05, 0.1) is 0 Å². The summed E-state index contributed by atoms with van der Waals surface area (Å²) in [6.07, 6.45) is 1.08. The summed E-state index contributed by atoms with van der Waals surface area (Å²) in [5.74, 6) is 1.29. The van der Waals surface area contributed by atoms with E-state index in [9.17, 15) is 4.79 Å². The number of halogens is 1. The summed E-state index contributed by atoms with van der Waals surface area (Å²) in [7, 11) is 0. The lowest BCUT2D eigenvalue weighted by molar-refractivity contribution is -0.134. The molecule has 20 heavy (non-hydrogen) atoms. The first-order valence-corrected chi connectivity index (χ1v) is 7.77. The standard InChI is InChI=1S/C16H21ClN2O/c1-12-9-15(12)16(20)19-7-5-18(6-8-19)11-13-3-2-4-14(17)10-13/h2-4,10,12,15H,5-9,11H2,1H3. The van der Waals surface area contributed by atoms with Gasteiger partial charge in [-0.1, -0.05) is 30.7 Å². The van der Waals surface area contributed by atoms with Gasteiger partial charge in [-0.3, -0.25) is 9.69 Å². The third-order valence-corrected chi connectivity index (χ3v) is 4.64. The smallest absolute Gasteiger partial charge is 0.226 e. The topological polar surface area (TPSA) is 23.6 Å². The maximum absolute atomic E-state index is 12.2. The first-order valence-electron chi connectivity index (χ1n) is 7.39. The Bertz CT molecular complexity index is 497. The van der Waals surface area contributed by atoms with Gasteiger partial charge in [0, 0.05) is 43.7 Å². The van der Waals surface area contributed by atoms with Crippen molar-refractivity contribution in [2.75, 3.05) is 26.2 Å². The van der Waals surface area contributed by atoms with E-state index in [2.05, 4.69) is 17.9 Å². The van der Waals surface area contributed by atoms with Crippen LogP contribution in [0.2, 0.25) is 5.02 Å². The van der Waals surface area contributed by atoms with Crippen LogP contribution in [0.25, 0.3) is 0 Å². The van der Waals surface area contributed by atoms with Crippen LogP contribution in [0.3, 0.4) is 0 Å². The normalized spacial score (nSPS) is 26.6. The molecule has 2 fully saturated rings. The van der Waals surface area contributed by atoms with Crippen molar-refractivity contribution in [2.24, 2.45) is 11.8 Å². The first-order chi connectivity index (χ1) is 9.63. The van der Waals surface area contributed by atoms with Gasteiger partial charge >= 0.3 is 0 Å². The second-order valence-electron chi connectivity index (χ2n) is 6.05. The van der Waals surface area contributed by atoms with Crippen LogP contribution >= 0.6 is 11.6 Å². The summed E-state index contributed by atoms with van der Waals surface area (Å²) in [4.78, 5) is 16.6. The van der Waals surface area contributed by atoms with Crippen molar-refractivity contribution in [2.45, 2.75) is 19.9 Å². The number of piperazine rings is 1. The molecule has 0 N–H and O–H groups in total. The Morgan fingerprint density at radius 3 is 2.60 bits per heavy atom. The van der Waals surface area contributed by atoms with Crippen LogP contribution in [0.5, 0.6) is 0 Å². The Hall–Kier alpha value is -1.06. The van der Waals surface area contributed by atoms with Crippen LogP contribution in [0.1, 0.15) is 18.9 Å². The molecule has 1 saturated heterocycles. The molecular formula is C16H21ClN2O. The molecule has 4 heteroatoms. The second kappa shape index (κ2) is 5.74. The summed E-state index contributed by atoms with van der Waals surface area (Å²) in [6.45, 7) is 6.73. The van der Waals surface area contributed by atoms with E-state index in [1.54, 1.807) is 0 Å². The molecular weight excluding hydrogens is 272 g/mol. The Labute approximate surface area is 125 Å². The number of benzene rings is 1. The van der Waals surface area contributed by atoms with Gasteiger partial charge in [0.15, 0.2) is 0 Å². The van der Waals surface area contributed by atoms with E-state index in [4.69, 9.17) is 11.6 Å². The molecule has 3 rings (SSSR count). The summed E-state index contributed by atoms with van der Waals surface area (Å²) < 4.78 is 0. The van der Waals surface area contributed by atoms with Crippen molar-refractivity contribution in [3.8, 4) is 0 Å². The van der Waals surface area contributed by atoms with Gasteiger partial charge in [-0.05, 0) is 30.0 Å². The molecule has 2 aliphatic rings. The highest BCUT2D eigenvalue weighted by molar-refractivity contribution is 6.30. The number of hydrogen-bond donors (Lipinski definition) is 0. The van der Waals surface area contributed by atoms with Gasteiger partial charge in [-0.15, -0.1) is 0 Å². The van der Waals surface area contributed by atoms with Crippen molar-refractivity contribution in [3.05, 3.63) is 34.9 Å². The lowest BCUT2D eigenvalue weighted by atomic mass is 10.2. The van der Waals surface area contributed by atoms with Crippen molar-refractivity contribution in [3.63, 3.8) is 0 Å². The minimum Gasteiger partial charge on any atom is -0.340 e. The van der Waals surface area contributed by atoms with Crippen LogP contribution in [0.4, 0.5) is 0 Å². The number of nitrogens with zero attached hydrogens (tertiary/aromatic N) is 2. The Kier molecular flexibility index (Phi) is 3.99. The van der Waals surface area contributed by atoms with Crippen molar-refractivity contribution >= 4 is 17.5 Å². The Morgan fingerprint density at radius 1 is 1.30 bits per heavy atom. The van der Waals surface area contributed by atoms with E-state index in [1.165, 1.54) is 5.56 Å². The average molecular weight is 293 g/mol. The Balaban J connectivity index is 1.50. The number of carbonyl (C=O) groups is 1. The van der Waals surface area contributed by atoms with Crippen LogP contribution in [0, 0.1) is 11.8 Å². The maximum Gasteiger partial charge on any atom is 0.226 e. The molecule has 1 aliphatic carbocycles. The van der Waals surface area contributed by atoms with Crippen molar-refractivity contribution in [1.82, 2.24) is 9.80 Å². The van der Waals surface area contributed by atoms with Gasteiger partial charge < -0.3 is 4.90 Å². The van der Waals surface area contributed by atoms with Crippen LogP contribution in [0.15, 0.2) is 24.3 Å². The monoisotopic (exact) mass is 292 g/mol. The van der Waals surface area contributed by atoms with Crippen molar-refractivity contribution < 1.29 is 4.79 Å². The quantitative estimate of drug-likeness (QED) is 0.855. The number of hydrogen-bond acceptors (Lipinski definition) is 2. The molecule has 1 heterocycles. The molecule has 0 aromatic heterocycles. The van der Waals surface area contributed by atoms with E-state index in [0.717, 1.165) is 44.2 Å². The first kappa shape index (κ1) is 13.9. The SMILES string of the molecule is CC1CC1C(=O)N1CCN(Cc2cccc(Cl)c2)CC1. The molecule has 0 bridgehead atoms. The largest absolute Gasteiger partial charge is 0.340 e. The fourth-order valence-electron chi connectivity index (χ4n) is 2.92. The Morgan fingerprint density at radius 2 is 2.00 bits per heavy atom. The average Bonchev–Trinajstić information content (AvgIpc) is 3.16. The van der Waals surface area contributed by atoms with E-state index in [1.807, 2.05) is 23.1 Å². The van der Waals surface area contributed by atoms with Crippen LogP contribution < -0.4 is 0 Å². The molecule has 2 atom stereocenters.